The zero-order valence-corrected chi connectivity index (χ0v) is 16.8. The minimum absolute atomic E-state index is 0.155. The van der Waals surface area contributed by atoms with Gasteiger partial charge in [-0.05, 0) is 49.2 Å². The molecule has 2 heterocycles. The van der Waals surface area contributed by atoms with Crippen LogP contribution in [0.4, 0.5) is 0 Å². The first-order valence-corrected chi connectivity index (χ1v) is 9.98. The first kappa shape index (κ1) is 21.2. The molecule has 1 atom stereocenters. The normalized spacial score (nSPS) is 16.3. The number of ether oxygens (including phenoxy) is 2. The van der Waals surface area contributed by atoms with Crippen LogP contribution in [0.5, 0.6) is 5.75 Å². The molecule has 1 aliphatic heterocycles. The molecule has 0 radical (unpaired) electrons. The van der Waals surface area contributed by atoms with Crippen molar-refractivity contribution in [1.29, 1.82) is 0 Å². The minimum Gasteiger partial charge on any atom is -0.490 e. The summed E-state index contributed by atoms with van der Waals surface area (Å²) in [5, 5.41) is 12.3. The number of hydrogen-bond acceptors (Lipinski definition) is 6. The van der Waals surface area contributed by atoms with E-state index in [1.165, 1.54) is 7.11 Å². The summed E-state index contributed by atoms with van der Waals surface area (Å²) in [6.07, 6.45) is 3.23. The summed E-state index contributed by atoms with van der Waals surface area (Å²) in [5.41, 5.74) is 1.63. The van der Waals surface area contributed by atoms with Gasteiger partial charge in [-0.15, -0.1) is 0 Å². The van der Waals surface area contributed by atoms with Gasteiger partial charge in [0, 0.05) is 45.0 Å². The Bertz CT molecular complexity index is 746. The van der Waals surface area contributed by atoms with Crippen molar-refractivity contribution in [3.8, 4) is 5.75 Å². The molecule has 1 saturated heterocycles. The van der Waals surface area contributed by atoms with Crippen molar-refractivity contribution in [2.45, 2.75) is 31.6 Å². The molecule has 156 valence electrons. The largest absolute Gasteiger partial charge is 0.490 e. The molecule has 7 nitrogen and oxygen atoms in total. The number of methoxy groups -OCH3 is 1. The maximum absolute atomic E-state index is 12.1. The van der Waals surface area contributed by atoms with E-state index in [-0.39, 0.29) is 25.2 Å². The molecule has 0 aliphatic carbocycles. The zero-order valence-electron chi connectivity index (χ0n) is 16.8. The second kappa shape index (κ2) is 10.9. The van der Waals surface area contributed by atoms with Gasteiger partial charge in [0.25, 0.3) is 5.91 Å². The number of aliphatic hydroxyl groups is 1. The number of nitrogens with one attached hydrogen (secondary N) is 1. The number of benzene rings is 1. The molecule has 2 N–H and O–H groups in total. The summed E-state index contributed by atoms with van der Waals surface area (Å²) in [6, 6.07) is 13.1. The fourth-order valence-corrected chi connectivity index (χ4v) is 3.35. The summed E-state index contributed by atoms with van der Waals surface area (Å²) in [7, 11) is 1.51. The van der Waals surface area contributed by atoms with Gasteiger partial charge in [-0.2, -0.15) is 0 Å². The Kier molecular flexibility index (Phi) is 7.98. The van der Waals surface area contributed by atoms with Crippen LogP contribution in [0.2, 0.25) is 0 Å². The zero-order chi connectivity index (χ0) is 20.5. The van der Waals surface area contributed by atoms with Gasteiger partial charge in [-0.1, -0.05) is 6.07 Å². The summed E-state index contributed by atoms with van der Waals surface area (Å²) >= 11 is 0. The highest BCUT2D eigenvalue weighted by molar-refractivity contribution is 5.94. The summed E-state index contributed by atoms with van der Waals surface area (Å²) in [4.78, 5) is 18.9. The van der Waals surface area contributed by atoms with Gasteiger partial charge in [0.15, 0.2) is 0 Å². The molecule has 2 aromatic rings. The number of hydrogen-bond donors (Lipinski definition) is 2. The van der Waals surface area contributed by atoms with Crippen molar-refractivity contribution >= 4 is 5.91 Å². The van der Waals surface area contributed by atoms with Crippen molar-refractivity contribution in [1.82, 2.24) is 15.2 Å². The van der Waals surface area contributed by atoms with Gasteiger partial charge in [0.1, 0.15) is 11.9 Å². The van der Waals surface area contributed by atoms with Crippen LogP contribution in [0, 0.1) is 0 Å². The van der Waals surface area contributed by atoms with Gasteiger partial charge < -0.3 is 19.9 Å². The summed E-state index contributed by atoms with van der Waals surface area (Å²) in [6.45, 7) is 3.17. The van der Waals surface area contributed by atoms with E-state index in [1.807, 2.05) is 30.5 Å². The molecule has 0 bridgehead atoms. The number of carbonyl (C=O) groups excluding carboxylic acids is 1. The third-order valence-electron chi connectivity index (χ3n) is 4.92. The van der Waals surface area contributed by atoms with Gasteiger partial charge in [-0.3, -0.25) is 14.7 Å². The Morgan fingerprint density at radius 1 is 1.24 bits per heavy atom. The van der Waals surface area contributed by atoms with Gasteiger partial charge in [0.2, 0.25) is 0 Å². The van der Waals surface area contributed by atoms with Crippen molar-refractivity contribution in [3.63, 3.8) is 0 Å². The second-order valence-corrected chi connectivity index (χ2v) is 7.26. The van der Waals surface area contributed by atoms with Crippen LogP contribution in [0.15, 0.2) is 48.7 Å². The fraction of sp³-hybridized carbons (Fsp3) is 0.455. The third kappa shape index (κ3) is 6.81. The number of nitrogens with zero attached hydrogens (tertiary/aromatic N) is 2. The average molecular weight is 399 g/mol. The molecule has 1 fully saturated rings. The van der Waals surface area contributed by atoms with Crippen LogP contribution in [-0.2, 0) is 11.3 Å². The highest BCUT2D eigenvalue weighted by atomic mass is 16.5. The quantitative estimate of drug-likeness (QED) is 0.670. The first-order chi connectivity index (χ1) is 14.1. The number of aromatic nitrogens is 1. The molecule has 29 heavy (non-hydrogen) atoms. The van der Waals surface area contributed by atoms with Crippen molar-refractivity contribution in [2.24, 2.45) is 0 Å². The summed E-state index contributed by atoms with van der Waals surface area (Å²) in [5.74, 6) is 0.540. The van der Waals surface area contributed by atoms with E-state index in [0.29, 0.717) is 5.56 Å². The fourth-order valence-electron chi connectivity index (χ4n) is 3.35. The van der Waals surface area contributed by atoms with Crippen LogP contribution in [0.3, 0.4) is 0 Å². The monoisotopic (exact) mass is 399 g/mol. The van der Waals surface area contributed by atoms with E-state index >= 15 is 0 Å². The Morgan fingerprint density at radius 3 is 2.66 bits per heavy atom. The lowest BCUT2D eigenvalue weighted by molar-refractivity contribution is 0.0609. The molecule has 1 unspecified atom stereocenters. The molecule has 0 spiro atoms. The van der Waals surface area contributed by atoms with E-state index in [9.17, 15) is 9.90 Å². The van der Waals surface area contributed by atoms with Crippen LogP contribution in [0.1, 0.15) is 28.9 Å². The van der Waals surface area contributed by atoms with E-state index in [2.05, 4.69) is 21.3 Å². The van der Waals surface area contributed by atoms with E-state index in [1.54, 1.807) is 12.1 Å². The first-order valence-electron chi connectivity index (χ1n) is 9.98. The van der Waals surface area contributed by atoms with Gasteiger partial charge in [0.05, 0.1) is 18.4 Å². The van der Waals surface area contributed by atoms with E-state index in [4.69, 9.17) is 9.47 Å². The molecular weight excluding hydrogens is 370 g/mol. The number of likely N-dealkylation sites (tertiary alicyclic amines) is 1. The lowest BCUT2D eigenvalue weighted by Crippen LogP contribution is -2.38. The average Bonchev–Trinajstić information content (AvgIpc) is 2.75. The maximum atomic E-state index is 12.1. The molecule has 1 amide bonds. The Hall–Kier alpha value is -2.48. The highest BCUT2D eigenvalue weighted by Crippen LogP contribution is 2.20. The lowest BCUT2D eigenvalue weighted by Gasteiger charge is -2.31. The number of amides is 1. The predicted molar refractivity (Wildman–Crippen MR) is 110 cm³/mol. The highest BCUT2D eigenvalue weighted by Gasteiger charge is 2.21. The topological polar surface area (TPSA) is 83.9 Å². The predicted octanol–water partition coefficient (Wildman–Crippen LogP) is 1.86. The molecule has 3 rings (SSSR count). The number of piperidine rings is 1. The molecule has 0 saturated carbocycles. The Balaban J connectivity index is 1.41. The van der Waals surface area contributed by atoms with Crippen LogP contribution in [-0.4, -0.2) is 66.5 Å². The molecular formula is C22H29N3O4. The molecule has 1 aliphatic rings. The molecule has 1 aromatic heterocycles. The number of aliphatic hydroxyl groups excluding tert-OH is 1. The third-order valence-corrected chi connectivity index (χ3v) is 4.92. The van der Waals surface area contributed by atoms with Gasteiger partial charge in [-0.25, -0.2) is 0 Å². The van der Waals surface area contributed by atoms with Crippen LogP contribution >= 0.6 is 0 Å². The van der Waals surface area contributed by atoms with Crippen LogP contribution < -0.4 is 10.1 Å². The number of carbonyl (C=O) groups is 1. The standard InChI is InChI=1S/C22H29N3O4/c1-28-16-19(26)14-24-22(27)17-5-7-20(8-6-17)29-21-9-12-25(13-10-21)15-18-4-2-3-11-23-18/h2-8,11,19,21,26H,9-10,12-16H2,1H3,(H,24,27). The van der Waals surface area contributed by atoms with Crippen molar-refractivity contribution < 1.29 is 19.4 Å². The Labute approximate surface area is 171 Å². The second-order valence-electron chi connectivity index (χ2n) is 7.26. The molecule has 7 heteroatoms. The SMILES string of the molecule is COCC(O)CNC(=O)c1ccc(OC2CCN(Cc3ccccn3)CC2)cc1. The maximum Gasteiger partial charge on any atom is 0.251 e. The Morgan fingerprint density at radius 2 is 2.00 bits per heavy atom. The number of pyridine rings is 1. The lowest BCUT2D eigenvalue weighted by atomic mass is 10.1. The van der Waals surface area contributed by atoms with E-state index in [0.717, 1.165) is 43.9 Å². The minimum atomic E-state index is -0.713. The number of rotatable bonds is 9. The van der Waals surface area contributed by atoms with E-state index < -0.39 is 6.10 Å². The smallest absolute Gasteiger partial charge is 0.251 e. The van der Waals surface area contributed by atoms with Crippen molar-refractivity contribution in [3.05, 3.63) is 59.9 Å². The van der Waals surface area contributed by atoms with Crippen LogP contribution in [0.25, 0.3) is 0 Å². The van der Waals surface area contributed by atoms with Crippen molar-refractivity contribution in [2.75, 3.05) is 33.4 Å². The molecule has 1 aromatic carbocycles. The summed E-state index contributed by atoms with van der Waals surface area (Å²) < 4.78 is 10.9. The van der Waals surface area contributed by atoms with Gasteiger partial charge >= 0.3 is 0 Å².